The predicted molar refractivity (Wildman–Crippen MR) is 92.4 cm³/mol. The Morgan fingerprint density at radius 2 is 1.80 bits per heavy atom. The molecule has 1 unspecified atom stereocenters. The van der Waals surface area contributed by atoms with E-state index in [1.54, 1.807) is 30.3 Å². The Morgan fingerprint density at radius 1 is 1.12 bits per heavy atom. The van der Waals surface area contributed by atoms with Crippen LogP contribution < -0.4 is 10.1 Å². The van der Waals surface area contributed by atoms with Gasteiger partial charge in [-0.1, -0.05) is 24.3 Å². The van der Waals surface area contributed by atoms with Crippen molar-refractivity contribution in [2.24, 2.45) is 0 Å². The minimum absolute atomic E-state index is 0.0266. The normalized spacial score (nSPS) is 16.8. The molecule has 5 nitrogen and oxygen atoms in total. The lowest BCUT2D eigenvalue weighted by Gasteiger charge is -2.12. The highest BCUT2D eigenvalue weighted by Crippen LogP contribution is 2.26. The second-order valence-electron chi connectivity index (χ2n) is 5.30. The number of carbonyl (C=O) groups is 2. The molecule has 1 heterocycles. The molecular formula is C18H14FNO4S. The Morgan fingerprint density at radius 3 is 2.40 bits per heavy atom. The van der Waals surface area contributed by atoms with Gasteiger partial charge in [-0.05, 0) is 53.2 Å². The van der Waals surface area contributed by atoms with Crippen molar-refractivity contribution in [1.82, 2.24) is 5.32 Å². The van der Waals surface area contributed by atoms with Crippen molar-refractivity contribution in [2.75, 3.05) is 6.61 Å². The van der Waals surface area contributed by atoms with Crippen LogP contribution in [-0.4, -0.2) is 22.9 Å². The molecule has 2 aromatic rings. The molecular weight excluding hydrogens is 345 g/mol. The number of nitrogens with one attached hydrogen (secondary N) is 1. The van der Waals surface area contributed by atoms with Crippen LogP contribution in [-0.2, 0) is 4.79 Å². The average Bonchev–Trinajstić information content (AvgIpc) is 2.92. The molecule has 25 heavy (non-hydrogen) atoms. The van der Waals surface area contributed by atoms with E-state index in [1.165, 1.54) is 24.3 Å². The zero-order valence-corrected chi connectivity index (χ0v) is 13.8. The number of hydrogen-bond donors (Lipinski definition) is 2. The Kier molecular flexibility index (Phi) is 5.16. The summed E-state index contributed by atoms with van der Waals surface area (Å²) in [5.74, 6) is -0.224. The quantitative estimate of drug-likeness (QED) is 0.802. The molecule has 3 rings (SSSR count). The summed E-state index contributed by atoms with van der Waals surface area (Å²) >= 11 is 0.856. The molecule has 0 aliphatic carbocycles. The van der Waals surface area contributed by atoms with Crippen molar-refractivity contribution >= 4 is 29.0 Å². The van der Waals surface area contributed by atoms with Gasteiger partial charge in [0.05, 0.1) is 4.91 Å². The van der Waals surface area contributed by atoms with Gasteiger partial charge in [0.2, 0.25) is 0 Å². The monoisotopic (exact) mass is 359 g/mol. The van der Waals surface area contributed by atoms with Gasteiger partial charge < -0.3 is 9.84 Å². The maximum atomic E-state index is 12.9. The zero-order valence-electron chi connectivity index (χ0n) is 12.9. The van der Waals surface area contributed by atoms with Gasteiger partial charge in [-0.25, -0.2) is 4.39 Å². The van der Waals surface area contributed by atoms with Crippen LogP contribution in [0.15, 0.2) is 53.4 Å². The first kappa shape index (κ1) is 17.2. The summed E-state index contributed by atoms with van der Waals surface area (Å²) in [6.45, 7) is 0.0266. The molecule has 1 fully saturated rings. The van der Waals surface area contributed by atoms with Crippen molar-refractivity contribution in [1.29, 1.82) is 0 Å². The number of carbonyl (C=O) groups excluding carboxylic acids is 2. The summed E-state index contributed by atoms with van der Waals surface area (Å²) in [7, 11) is 0. The Bertz CT molecular complexity index is 818. The predicted octanol–water partition coefficient (Wildman–Crippen LogP) is 3.26. The number of imide groups is 1. The van der Waals surface area contributed by atoms with E-state index in [1.807, 2.05) is 0 Å². The molecule has 1 aliphatic heterocycles. The topological polar surface area (TPSA) is 75.6 Å². The third-order valence-electron chi connectivity index (χ3n) is 3.48. The van der Waals surface area contributed by atoms with E-state index in [9.17, 15) is 19.1 Å². The van der Waals surface area contributed by atoms with E-state index in [4.69, 9.17) is 4.74 Å². The van der Waals surface area contributed by atoms with Gasteiger partial charge in [-0.3, -0.25) is 14.9 Å². The number of benzene rings is 2. The number of rotatable bonds is 5. The summed E-state index contributed by atoms with van der Waals surface area (Å²) in [5.41, 5.74) is 1.32. The number of thioether (sulfide) groups is 1. The van der Waals surface area contributed by atoms with Crippen molar-refractivity contribution in [3.63, 3.8) is 0 Å². The molecule has 0 saturated carbocycles. The number of aliphatic hydroxyl groups is 1. The summed E-state index contributed by atoms with van der Waals surface area (Å²) in [5, 5.41) is 11.8. The molecule has 0 radical (unpaired) electrons. The number of hydrogen-bond acceptors (Lipinski definition) is 5. The Balaban J connectivity index is 1.59. The fourth-order valence-electron chi connectivity index (χ4n) is 2.19. The van der Waals surface area contributed by atoms with E-state index in [2.05, 4.69) is 5.32 Å². The second kappa shape index (κ2) is 7.50. The summed E-state index contributed by atoms with van der Waals surface area (Å²) < 4.78 is 18.4. The lowest BCUT2D eigenvalue weighted by molar-refractivity contribution is -0.115. The molecule has 128 valence electrons. The van der Waals surface area contributed by atoms with Gasteiger partial charge in [0.25, 0.3) is 11.1 Å². The highest BCUT2D eigenvalue weighted by Gasteiger charge is 2.24. The second-order valence-corrected chi connectivity index (χ2v) is 6.31. The van der Waals surface area contributed by atoms with Crippen LogP contribution in [0.4, 0.5) is 9.18 Å². The maximum Gasteiger partial charge on any atom is 0.290 e. The first-order chi connectivity index (χ1) is 12.0. The van der Waals surface area contributed by atoms with Crippen molar-refractivity contribution in [2.45, 2.75) is 6.10 Å². The van der Waals surface area contributed by atoms with E-state index < -0.39 is 12.0 Å². The lowest BCUT2D eigenvalue weighted by Crippen LogP contribution is -2.17. The SMILES string of the molecule is O=C1NC(=O)C(=Cc2ccc(OCC(O)c3ccc(F)cc3)cc2)S1. The highest BCUT2D eigenvalue weighted by atomic mass is 32.2. The van der Waals surface area contributed by atoms with Crippen molar-refractivity contribution in [3.8, 4) is 5.75 Å². The third-order valence-corrected chi connectivity index (χ3v) is 4.29. The molecule has 7 heteroatoms. The van der Waals surface area contributed by atoms with Gasteiger partial charge in [0, 0.05) is 0 Å². The average molecular weight is 359 g/mol. The van der Waals surface area contributed by atoms with Gasteiger partial charge in [0.15, 0.2) is 0 Å². The van der Waals surface area contributed by atoms with E-state index in [-0.39, 0.29) is 17.7 Å². The van der Waals surface area contributed by atoms with Crippen molar-refractivity contribution < 1.29 is 23.8 Å². The zero-order chi connectivity index (χ0) is 17.8. The van der Waals surface area contributed by atoms with Gasteiger partial charge in [-0.15, -0.1) is 0 Å². The van der Waals surface area contributed by atoms with Crippen LogP contribution in [0.5, 0.6) is 5.75 Å². The van der Waals surface area contributed by atoms with Gasteiger partial charge >= 0.3 is 0 Å². The van der Waals surface area contributed by atoms with E-state index >= 15 is 0 Å². The van der Waals surface area contributed by atoms with E-state index in [0.29, 0.717) is 16.2 Å². The number of aliphatic hydroxyl groups excluding tert-OH is 1. The molecule has 0 spiro atoms. The molecule has 2 N–H and O–H groups in total. The number of ether oxygens (including phenoxy) is 1. The molecule has 0 aromatic heterocycles. The lowest BCUT2D eigenvalue weighted by atomic mass is 10.1. The fraction of sp³-hybridized carbons (Fsp3) is 0.111. The van der Waals surface area contributed by atoms with Crippen LogP contribution in [0, 0.1) is 5.82 Å². The van der Waals surface area contributed by atoms with Crippen LogP contribution in [0.3, 0.4) is 0 Å². The van der Waals surface area contributed by atoms with Crippen LogP contribution >= 0.6 is 11.8 Å². The first-order valence-corrected chi connectivity index (χ1v) is 8.24. The summed E-state index contributed by atoms with van der Waals surface area (Å²) in [6.07, 6.45) is 0.745. The molecule has 0 bridgehead atoms. The third kappa shape index (κ3) is 4.46. The molecule has 1 saturated heterocycles. The molecule has 1 atom stereocenters. The van der Waals surface area contributed by atoms with Crippen LogP contribution in [0.1, 0.15) is 17.2 Å². The summed E-state index contributed by atoms with van der Waals surface area (Å²) in [6, 6.07) is 12.4. The van der Waals surface area contributed by atoms with Gasteiger partial charge in [-0.2, -0.15) is 0 Å². The minimum atomic E-state index is -0.869. The van der Waals surface area contributed by atoms with Crippen molar-refractivity contribution in [3.05, 3.63) is 70.4 Å². The van der Waals surface area contributed by atoms with E-state index in [0.717, 1.165) is 17.3 Å². The molecule has 2 amide bonds. The first-order valence-electron chi connectivity index (χ1n) is 7.42. The largest absolute Gasteiger partial charge is 0.491 e. The Labute approximate surface area is 147 Å². The van der Waals surface area contributed by atoms with Crippen LogP contribution in [0.25, 0.3) is 6.08 Å². The number of amides is 2. The van der Waals surface area contributed by atoms with Gasteiger partial charge in [0.1, 0.15) is 24.3 Å². The Hall–Kier alpha value is -2.64. The molecule has 1 aliphatic rings. The highest BCUT2D eigenvalue weighted by molar-refractivity contribution is 8.18. The maximum absolute atomic E-state index is 12.9. The molecule has 2 aromatic carbocycles. The standard InChI is InChI=1S/C18H14FNO4S/c19-13-5-3-12(4-6-13)15(21)10-24-14-7-1-11(2-8-14)9-16-17(22)20-18(23)25-16/h1-9,15,21H,10H2,(H,20,22,23). The summed E-state index contributed by atoms with van der Waals surface area (Å²) in [4.78, 5) is 22.9. The number of halogens is 1. The van der Waals surface area contributed by atoms with Crippen LogP contribution in [0.2, 0.25) is 0 Å². The smallest absolute Gasteiger partial charge is 0.290 e. The fourth-order valence-corrected chi connectivity index (χ4v) is 2.87. The minimum Gasteiger partial charge on any atom is -0.491 e.